The molecule has 1 aliphatic carbocycles. The number of nitrogens with two attached hydrogens (primary N) is 1. The summed E-state index contributed by atoms with van der Waals surface area (Å²) in [4.78, 5) is 0. The zero-order valence-corrected chi connectivity index (χ0v) is 9.83. The molecule has 0 heterocycles. The first kappa shape index (κ1) is 10.2. The summed E-state index contributed by atoms with van der Waals surface area (Å²) in [6.45, 7) is 0. The van der Waals surface area contributed by atoms with Crippen molar-refractivity contribution in [3.05, 3.63) is 34.3 Å². The number of hydrogen-bond acceptors (Lipinski definition) is 1. The van der Waals surface area contributed by atoms with Gasteiger partial charge in [0.1, 0.15) is 0 Å². The van der Waals surface area contributed by atoms with E-state index in [1.54, 1.807) is 0 Å². The summed E-state index contributed by atoms with van der Waals surface area (Å²) in [5.74, 6) is 0.928. The molecule has 2 heteroatoms. The Balaban J connectivity index is 1.88. The summed E-state index contributed by atoms with van der Waals surface area (Å²) >= 11 is 3.47. The van der Waals surface area contributed by atoms with Gasteiger partial charge in [0.15, 0.2) is 0 Å². The summed E-state index contributed by atoms with van der Waals surface area (Å²) in [5.41, 5.74) is 7.42. The molecule has 0 amide bonds. The van der Waals surface area contributed by atoms with Gasteiger partial charge in [-0.25, -0.2) is 0 Å². The van der Waals surface area contributed by atoms with Crippen molar-refractivity contribution in [3.8, 4) is 0 Å². The van der Waals surface area contributed by atoms with Crippen LogP contribution in [-0.2, 0) is 6.42 Å². The number of rotatable bonds is 4. The van der Waals surface area contributed by atoms with Crippen LogP contribution in [0.25, 0.3) is 0 Å². The molecular weight excluding hydrogens is 238 g/mol. The molecule has 1 saturated carbocycles. The van der Waals surface area contributed by atoms with Gasteiger partial charge in [-0.2, -0.15) is 0 Å². The quantitative estimate of drug-likeness (QED) is 0.877. The largest absolute Gasteiger partial charge is 0.327 e. The van der Waals surface area contributed by atoms with Crippen molar-refractivity contribution < 1.29 is 0 Å². The number of hydrogen-bond donors (Lipinski definition) is 1. The van der Waals surface area contributed by atoms with Gasteiger partial charge in [-0.05, 0) is 36.5 Å². The van der Waals surface area contributed by atoms with Gasteiger partial charge < -0.3 is 5.73 Å². The van der Waals surface area contributed by atoms with Crippen LogP contribution in [0.3, 0.4) is 0 Å². The highest BCUT2D eigenvalue weighted by Crippen LogP contribution is 2.33. The molecule has 1 aromatic rings. The Hall–Kier alpha value is -0.340. The average molecular weight is 254 g/mol. The predicted molar refractivity (Wildman–Crippen MR) is 63.2 cm³/mol. The third-order valence-electron chi connectivity index (χ3n) is 2.72. The molecule has 76 valence electrons. The molecule has 2 rings (SSSR count). The van der Waals surface area contributed by atoms with Crippen molar-refractivity contribution in [1.29, 1.82) is 0 Å². The number of halogens is 1. The van der Waals surface area contributed by atoms with Gasteiger partial charge in [-0.1, -0.05) is 40.9 Å². The van der Waals surface area contributed by atoms with Crippen molar-refractivity contribution >= 4 is 15.9 Å². The minimum atomic E-state index is 0.344. The summed E-state index contributed by atoms with van der Waals surface area (Å²) in [6.07, 6.45) is 5.00. The van der Waals surface area contributed by atoms with Gasteiger partial charge in [0, 0.05) is 10.5 Å². The molecule has 1 unspecified atom stereocenters. The molecule has 0 aliphatic heterocycles. The lowest BCUT2D eigenvalue weighted by Crippen LogP contribution is -2.23. The molecule has 0 saturated heterocycles. The lowest BCUT2D eigenvalue weighted by molar-refractivity contribution is 0.566. The number of benzene rings is 1. The summed E-state index contributed by atoms with van der Waals surface area (Å²) in [5, 5.41) is 0. The van der Waals surface area contributed by atoms with Gasteiger partial charge in [0.05, 0.1) is 0 Å². The second kappa shape index (κ2) is 4.45. The van der Waals surface area contributed by atoms with E-state index in [9.17, 15) is 0 Å². The zero-order valence-electron chi connectivity index (χ0n) is 8.25. The van der Waals surface area contributed by atoms with Gasteiger partial charge in [0.25, 0.3) is 0 Å². The maximum absolute atomic E-state index is 6.08. The first-order chi connectivity index (χ1) is 6.74. The highest BCUT2D eigenvalue weighted by atomic mass is 79.9. The van der Waals surface area contributed by atoms with E-state index < -0.39 is 0 Å². The maximum atomic E-state index is 6.08. The normalized spacial score (nSPS) is 18.1. The van der Waals surface area contributed by atoms with E-state index in [1.807, 2.05) is 0 Å². The molecule has 14 heavy (non-hydrogen) atoms. The SMILES string of the molecule is NC(Cc1cccc(Br)c1)CC1CC1. The summed E-state index contributed by atoms with van der Waals surface area (Å²) in [6, 6.07) is 8.78. The molecule has 1 aliphatic rings. The van der Waals surface area contributed by atoms with Gasteiger partial charge >= 0.3 is 0 Å². The fraction of sp³-hybridized carbons (Fsp3) is 0.500. The van der Waals surface area contributed by atoms with Crippen LogP contribution in [0.2, 0.25) is 0 Å². The topological polar surface area (TPSA) is 26.0 Å². The first-order valence-corrected chi connectivity index (χ1v) is 6.03. The van der Waals surface area contributed by atoms with Crippen molar-refractivity contribution in [1.82, 2.24) is 0 Å². The lowest BCUT2D eigenvalue weighted by atomic mass is 10.0. The van der Waals surface area contributed by atoms with Gasteiger partial charge in [-0.3, -0.25) is 0 Å². The van der Waals surface area contributed by atoms with Crippen LogP contribution in [0.1, 0.15) is 24.8 Å². The van der Waals surface area contributed by atoms with Crippen molar-refractivity contribution in [3.63, 3.8) is 0 Å². The van der Waals surface area contributed by atoms with E-state index in [2.05, 4.69) is 40.2 Å². The van der Waals surface area contributed by atoms with Crippen LogP contribution in [-0.4, -0.2) is 6.04 Å². The summed E-state index contributed by atoms with van der Waals surface area (Å²) < 4.78 is 1.15. The lowest BCUT2D eigenvalue weighted by Gasteiger charge is -2.10. The first-order valence-electron chi connectivity index (χ1n) is 5.24. The van der Waals surface area contributed by atoms with Crippen molar-refractivity contribution in [2.24, 2.45) is 11.7 Å². The smallest absolute Gasteiger partial charge is 0.0178 e. The molecule has 0 spiro atoms. The van der Waals surface area contributed by atoms with Crippen LogP contribution >= 0.6 is 15.9 Å². The van der Waals surface area contributed by atoms with E-state index in [0.29, 0.717) is 6.04 Å². The van der Waals surface area contributed by atoms with Crippen LogP contribution in [0.5, 0.6) is 0 Å². The molecule has 1 atom stereocenters. The maximum Gasteiger partial charge on any atom is 0.0178 e. The Kier molecular flexibility index (Phi) is 3.24. The fourth-order valence-electron chi connectivity index (χ4n) is 1.83. The monoisotopic (exact) mass is 253 g/mol. The molecule has 2 N–H and O–H groups in total. The highest BCUT2D eigenvalue weighted by Gasteiger charge is 2.23. The molecule has 0 bridgehead atoms. The fourth-order valence-corrected chi connectivity index (χ4v) is 2.28. The second-order valence-corrected chi connectivity index (χ2v) is 5.19. The third kappa shape index (κ3) is 3.10. The van der Waals surface area contributed by atoms with E-state index in [1.165, 1.54) is 24.8 Å². The molecular formula is C12H16BrN. The Bertz CT molecular complexity index is 307. The molecule has 1 aromatic carbocycles. The molecule has 0 aromatic heterocycles. The second-order valence-electron chi connectivity index (χ2n) is 4.27. The Morgan fingerprint density at radius 1 is 1.43 bits per heavy atom. The van der Waals surface area contributed by atoms with E-state index in [0.717, 1.165) is 16.8 Å². The zero-order chi connectivity index (χ0) is 9.97. The highest BCUT2D eigenvalue weighted by molar-refractivity contribution is 9.10. The van der Waals surface area contributed by atoms with E-state index in [4.69, 9.17) is 5.73 Å². The Labute approximate surface area is 93.8 Å². The standard InChI is InChI=1S/C12H16BrN/c13-11-3-1-2-10(6-11)8-12(14)7-9-4-5-9/h1-3,6,9,12H,4-5,7-8,14H2. The molecule has 1 fully saturated rings. The third-order valence-corrected chi connectivity index (χ3v) is 3.21. The predicted octanol–water partition coefficient (Wildman–Crippen LogP) is 3.12. The van der Waals surface area contributed by atoms with Gasteiger partial charge in [0.2, 0.25) is 0 Å². The van der Waals surface area contributed by atoms with Crippen LogP contribution in [0.4, 0.5) is 0 Å². The summed E-state index contributed by atoms with van der Waals surface area (Å²) in [7, 11) is 0. The van der Waals surface area contributed by atoms with Crippen molar-refractivity contribution in [2.75, 3.05) is 0 Å². The minimum Gasteiger partial charge on any atom is -0.327 e. The molecule has 0 radical (unpaired) electrons. The van der Waals surface area contributed by atoms with E-state index >= 15 is 0 Å². The Morgan fingerprint density at radius 3 is 2.86 bits per heavy atom. The van der Waals surface area contributed by atoms with Crippen molar-refractivity contribution in [2.45, 2.75) is 31.7 Å². The van der Waals surface area contributed by atoms with Crippen LogP contribution in [0.15, 0.2) is 28.7 Å². The van der Waals surface area contributed by atoms with Crippen LogP contribution < -0.4 is 5.73 Å². The average Bonchev–Trinajstić information content (AvgIpc) is 2.87. The van der Waals surface area contributed by atoms with Gasteiger partial charge in [-0.15, -0.1) is 0 Å². The van der Waals surface area contributed by atoms with E-state index in [-0.39, 0.29) is 0 Å². The Morgan fingerprint density at radius 2 is 2.21 bits per heavy atom. The molecule has 1 nitrogen and oxygen atoms in total. The minimum absolute atomic E-state index is 0.344. The van der Waals surface area contributed by atoms with Crippen LogP contribution in [0, 0.1) is 5.92 Å².